The number of hydrogen-bond donors (Lipinski definition) is 2. The van der Waals surface area contributed by atoms with Gasteiger partial charge in [-0.15, -0.1) is 0 Å². The standard InChI is InChI=1S/C25H32FNO3/c1-24(2,3)18-6-4-17(5-7-18)22(29)16-27-12-10-25(11-13-27)15-21(28)20-14-19(26)8-9-23(20)30-25/h4-9,14,21-22,28-29H,10-13,15-16H2,1-3H3/t21-,22+/m1/s1. The summed E-state index contributed by atoms with van der Waals surface area (Å²) < 4.78 is 19.8. The van der Waals surface area contributed by atoms with Crippen LogP contribution in [0.25, 0.3) is 0 Å². The maximum atomic E-state index is 13.5. The number of β-amino-alcohol motifs (C(OH)–C–C–N with tert-alkyl or cyclic N) is 1. The van der Waals surface area contributed by atoms with Crippen molar-refractivity contribution in [3.63, 3.8) is 0 Å². The summed E-state index contributed by atoms with van der Waals surface area (Å²) in [6.45, 7) is 8.71. The minimum atomic E-state index is -0.706. The highest BCUT2D eigenvalue weighted by atomic mass is 19.1. The monoisotopic (exact) mass is 413 g/mol. The van der Waals surface area contributed by atoms with E-state index in [4.69, 9.17) is 4.74 Å². The van der Waals surface area contributed by atoms with E-state index < -0.39 is 17.8 Å². The molecule has 0 amide bonds. The zero-order valence-electron chi connectivity index (χ0n) is 18.1. The second-order valence-corrected chi connectivity index (χ2v) is 9.88. The van der Waals surface area contributed by atoms with Crippen LogP contribution in [-0.2, 0) is 5.41 Å². The number of halogens is 1. The maximum absolute atomic E-state index is 13.5. The van der Waals surface area contributed by atoms with E-state index in [9.17, 15) is 14.6 Å². The first-order chi connectivity index (χ1) is 14.2. The first kappa shape index (κ1) is 21.3. The molecule has 4 nitrogen and oxygen atoms in total. The van der Waals surface area contributed by atoms with Crippen LogP contribution in [0, 0.1) is 5.82 Å². The van der Waals surface area contributed by atoms with Crippen molar-refractivity contribution in [3.05, 3.63) is 65.0 Å². The Bertz CT molecular complexity index is 882. The third kappa shape index (κ3) is 4.39. The predicted octanol–water partition coefficient (Wildman–Crippen LogP) is 4.51. The van der Waals surface area contributed by atoms with Crippen LogP contribution >= 0.6 is 0 Å². The largest absolute Gasteiger partial charge is 0.487 e. The molecule has 1 saturated heterocycles. The summed E-state index contributed by atoms with van der Waals surface area (Å²) in [6.07, 6.45) is 0.791. The molecule has 2 aliphatic heterocycles. The summed E-state index contributed by atoms with van der Waals surface area (Å²) in [7, 11) is 0. The molecule has 4 rings (SSSR count). The zero-order valence-corrected chi connectivity index (χ0v) is 18.1. The number of piperidine rings is 1. The molecule has 2 atom stereocenters. The maximum Gasteiger partial charge on any atom is 0.126 e. The second-order valence-electron chi connectivity index (χ2n) is 9.88. The van der Waals surface area contributed by atoms with Crippen molar-refractivity contribution in [3.8, 4) is 5.75 Å². The Morgan fingerprint density at radius 3 is 2.43 bits per heavy atom. The van der Waals surface area contributed by atoms with Crippen LogP contribution in [-0.4, -0.2) is 40.3 Å². The number of benzene rings is 2. The molecular formula is C25H32FNO3. The van der Waals surface area contributed by atoms with Crippen LogP contribution < -0.4 is 4.74 Å². The van der Waals surface area contributed by atoms with Crippen LogP contribution in [0.5, 0.6) is 5.75 Å². The molecule has 30 heavy (non-hydrogen) atoms. The summed E-state index contributed by atoms with van der Waals surface area (Å²) in [5, 5.41) is 21.3. The van der Waals surface area contributed by atoms with Gasteiger partial charge in [0.05, 0.1) is 12.2 Å². The van der Waals surface area contributed by atoms with E-state index in [1.54, 1.807) is 6.07 Å². The highest BCUT2D eigenvalue weighted by molar-refractivity contribution is 5.38. The summed E-state index contributed by atoms with van der Waals surface area (Å²) in [5.41, 5.74) is 2.41. The molecule has 2 aromatic carbocycles. The predicted molar refractivity (Wildman–Crippen MR) is 115 cm³/mol. The van der Waals surface area contributed by atoms with Gasteiger partial charge >= 0.3 is 0 Å². The Labute approximate surface area is 178 Å². The highest BCUT2D eigenvalue weighted by Crippen LogP contribution is 2.44. The van der Waals surface area contributed by atoms with Gasteiger partial charge in [0.1, 0.15) is 17.2 Å². The highest BCUT2D eigenvalue weighted by Gasteiger charge is 2.43. The van der Waals surface area contributed by atoms with Gasteiger partial charge in [-0.25, -0.2) is 4.39 Å². The molecule has 0 bridgehead atoms. The summed E-state index contributed by atoms with van der Waals surface area (Å²) in [6, 6.07) is 12.6. The lowest BCUT2D eigenvalue weighted by Gasteiger charge is -2.46. The molecule has 0 aromatic heterocycles. The molecule has 1 spiro atoms. The average Bonchev–Trinajstić information content (AvgIpc) is 2.70. The lowest BCUT2D eigenvalue weighted by atomic mass is 9.81. The molecule has 2 aliphatic rings. The van der Waals surface area contributed by atoms with E-state index in [-0.39, 0.29) is 11.2 Å². The molecule has 2 heterocycles. The van der Waals surface area contributed by atoms with Crippen molar-refractivity contribution >= 4 is 0 Å². The zero-order chi connectivity index (χ0) is 21.5. The Morgan fingerprint density at radius 1 is 1.13 bits per heavy atom. The number of fused-ring (bicyclic) bond motifs is 1. The summed E-state index contributed by atoms with van der Waals surface area (Å²) >= 11 is 0. The van der Waals surface area contributed by atoms with E-state index in [1.807, 2.05) is 12.1 Å². The van der Waals surface area contributed by atoms with Gasteiger partial charge in [-0.2, -0.15) is 0 Å². The van der Waals surface area contributed by atoms with Crippen molar-refractivity contribution in [2.24, 2.45) is 0 Å². The van der Waals surface area contributed by atoms with E-state index in [0.29, 0.717) is 24.3 Å². The molecule has 5 heteroatoms. The van der Waals surface area contributed by atoms with Crippen LogP contribution in [0.15, 0.2) is 42.5 Å². The molecule has 162 valence electrons. The third-order valence-corrected chi connectivity index (χ3v) is 6.58. The van der Waals surface area contributed by atoms with Crippen molar-refractivity contribution in [1.29, 1.82) is 0 Å². The first-order valence-electron chi connectivity index (χ1n) is 10.8. The van der Waals surface area contributed by atoms with Gasteiger partial charge in [-0.1, -0.05) is 45.0 Å². The smallest absolute Gasteiger partial charge is 0.126 e. The Kier molecular flexibility index (Phi) is 5.64. The lowest BCUT2D eigenvalue weighted by molar-refractivity contribution is -0.0589. The van der Waals surface area contributed by atoms with Gasteiger partial charge in [0.2, 0.25) is 0 Å². The van der Waals surface area contributed by atoms with Crippen molar-refractivity contribution in [2.45, 2.75) is 63.3 Å². The summed E-state index contributed by atoms with van der Waals surface area (Å²) in [4.78, 5) is 2.25. The van der Waals surface area contributed by atoms with E-state index in [0.717, 1.165) is 31.5 Å². The van der Waals surface area contributed by atoms with Crippen LogP contribution in [0.2, 0.25) is 0 Å². The van der Waals surface area contributed by atoms with Gasteiger partial charge in [0.15, 0.2) is 0 Å². The number of aliphatic hydroxyl groups is 2. The lowest BCUT2D eigenvalue weighted by Crippen LogP contribution is -2.51. The quantitative estimate of drug-likeness (QED) is 0.778. The Balaban J connectivity index is 1.36. The van der Waals surface area contributed by atoms with Crippen LogP contribution in [0.4, 0.5) is 4.39 Å². The molecule has 0 saturated carbocycles. The normalized spacial score (nSPS) is 22.4. The molecule has 0 radical (unpaired) electrons. The van der Waals surface area contributed by atoms with Gasteiger partial charge in [0.25, 0.3) is 0 Å². The van der Waals surface area contributed by atoms with Crippen LogP contribution in [0.3, 0.4) is 0 Å². The molecule has 2 aromatic rings. The minimum absolute atomic E-state index is 0.0968. The fourth-order valence-corrected chi connectivity index (χ4v) is 4.61. The Morgan fingerprint density at radius 2 is 1.80 bits per heavy atom. The minimum Gasteiger partial charge on any atom is -0.487 e. The van der Waals surface area contributed by atoms with Crippen molar-refractivity contribution < 1.29 is 19.3 Å². The number of likely N-dealkylation sites (tertiary alicyclic amines) is 1. The third-order valence-electron chi connectivity index (χ3n) is 6.58. The Hall–Kier alpha value is -1.95. The van der Waals surface area contributed by atoms with Gasteiger partial charge in [0, 0.05) is 31.6 Å². The number of ether oxygens (including phenoxy) is 1. The fraction of sp³-hybridized carbons (Fsp3) is 0.520. The van der Waals surface area contributed by atoms with Crippen molar-refractivity contribution in [1.82, 2.24) is 4.90 Å². The molecule has 1 fully saturated rings. The number of hydrogen-bond acceptors (Lipinski definition) is 4. The van der Waals surface area contributed by atoms with Crippen LogP contribution in [0.1, 0.15) is 68.9 Å². The number of aliphatic hydroxyl groups excluding tert-OH is 2. The molecular weight excluding hydrogens is 381 g/mol. The fourth-order valence-electron chi connectivity index (χ4n) is 4.61. The number of nitrogens with zero attached hydrogens (tertiary/aromatic N) is 1. The molecule has 2 N–H and O–H groups in total. The molecule has 0 unspecified atom stereocenters. The van der Waals surface area contributed by atoms with Crippen molar-refractivity contribution in [2.75, 3.05) is 19.6 Å². The SMILES string of the molecule is CC(C)(C)c1ccc([C@@H](O)CN2CCC3(CC2)C[C@@H](O)c2cc(F)ccc2O3)cc1. The van der Waals surface area contributed by atoms with E-state index in [2.05, 4.69) is 37.8 Å². The first-order valence-corrected chi connectivity index (χ1v) is 10.8. The topological polar surface area (TPSA) is 52.9 Å². The number of rotatable bonds is 3. The average molecular weight is 414 g/mol. The van der Waals surface area contributed by atoms with Gasteiger partial charge in [-0.3, -0.25) is 0 Å². The van der Waals surface area contributed by atoms with E-state index in [1.165, 1.54) is 17.7 Å². The van der Waals surface area contributed by atoms with E-state index >= 15 is 0 Å². The second kappa shape index (κ2) is 7.95. The molecule has 0 aliphatic carbocycles. The van der Waals surface area contributed by atoms with Gasteiger partial charge < -0.3 is 19.8 Å². The van der Waals surface area contributed by atoms with Gasteiger partial charge in [-0.05, 0) is 47.6 Å². The summed E-state index contributed by atoms with van der Waals surface area (Å²) in [5.74, 6) is 0.231.